The number of ketones is 1. The van der Waals surface area contributed by atoms with E-state index < -0.39 is 17.7 Å². The third kappa shape index (κ3) is 3.66. The van der Waals surface area contributed by atoms with Gasteiger partial charge in [0.25, 0.3) is 0 Å². The van der Waals surface area contributed by atoms with Crippen LogP contribution in [0, 0.1) is 11.6 Å². The number of rotatable bonds is 6. The van der Waals surface area contributed by atoms with Gasteiger partial charge in [0, 0.05) is 18.7 Å². The first kappa shape index (κ1) is 16.0. The number of Topliss-reactive ketones (excluding diaryl/α,β-unsaturated/α-hetero) is 1. The van der Waals surface area contributed by atoms with Crippen LogP contribution in [0.4, 0.5) is 8.78 Å². The van der Waals surface area contributed by atoms with Crippen LogP contribution >= 0.6 is 0 Å². The number of benzene rings is 1. The van der Waals surface area contributed by atoms with Crippen LogP contribution in [0.1, 0.15) is 43.0 Å². The van der Waals surface area contributed by atoms with Gasteiger partial charge >= 0.3 is 0 Å². The SMILES string of the molecule is CC(C(=O)c1ccc(F)cc1F)N(CCO)C1CCCC1. The lowest BCUT2D eigenvalue weighted by molar-refractivity contribution is 0.0704. The Morgan fingerprint density at radius 3 is 2.62 bits per heavy atom. The first-order valence-corrected chi connectivity index (χ1v) is 7.40. The summed E-state index contributed by atoms with van der Waals surface area (Å²) in [6.07, 6.45) is 4.20. The molecule has 0 spiro atoms. The van der Waals surface area contributed by atoms with Gasteiger partial charge in [-0.2, -0.15) is 0 Å². The van der Waals surface area contributed by atoms with Crippen molar-refractivity contribution in [2.45, 2.75) is 44.7 Å². The van der Waals surface area contributed by atoms with Gasteiger partial charge < -0.3 is 5.11 Å². The van der Waals surface area contributed by atoms with Gasteiger partial charge in [-0.1, -0.05) is 12.8 Å². The molecule has 0 bridgehead atoms. The second-order valence-electron chi connectivity index (χ2n) is 5.56. The summed E-state index contributed by atoms with van der Waals surface area (Å²) in [4.78, 5) is 14.4. The molecular formula is C16H21F2NO2. The van der Waals surface area contributed by atoms with E-state index in [0.29, 0.717) is 6.54 Å². The van der Waals surface area contributed by atoms with E-state index in [0.717, 1.165) is 37.8 Å². The molecule has 0 radical (unpaired) electrons. The average Bonchev–Trinajstić information content (AvgIpc) is 2.97. The fourth-order valence-corrected chi connectivity index (χ4v) is 3.11. The fraction of sp³-hybridized carbons (Fsp3) is 0.562. The molecule has 1 fully saturated rings. The zero-order valence-corrected chi connectivity index (χ0v) is 12.2. The highest BCUT2D eigenvalue weighted by atomic mass is 19.1. The molecule has 0 heterocycles. The number of hydrogen-bond acceptors (Lipinski definition) is 3. The Bertz CT molecular complexity index is 501. The Labute approximate surface area is 123 Å². The van der Waals surface area contributed by atoms with Crippen molar-refractivity contribution in [1.82, 2.24) is 4.90 Å². The van der Waals surface area contributed by atoms with Gasteiger partial charge in [0.1, 0.15) is 11.6 Å². The van der Waals surface area contributed by atoms with E-state index in [2.05, 4.69) is 0 Å². The van der Waals surface area contributed by atoms with Crippen molar-refractivity contribution < 1.29 is 18.7 Å². The standard InChI is InChI=1S/C16H21F2NO2/c1-11(19(8-9-20)13-4-2-3-5-13)16(21)14-7-6-12(17)10-15(14)18/h6-7,10-11,13,20H,2-5,8-9H2,1H3. The summed E-state index contributed by atoms with van der Waals surface area (Å²) in [5.41, 5.74) is -0.0927. The minimum absolute atomic E-state index is 0.0416. The van der Waals surface area contributed by atoms with Crippen molar-refractivity contribution in [3.63, 3.8) is 0 Å². The van der Waals surface area contributed by atoms with Gasteiger partial charge in [-0.3, -0.25) is 9.69 Å². The van der Waals surface area contributed by atoms with E-state index in [1.54, 1.807) is 6.92 Å². The minimum atomic E-state index is -0.831. The average molecular weight is 297 g/mol. The summed E-state index contributed by atoms with van der Waals surface area (Å²) >= 11 is 0. The maximum absolute atomic E-state index is 13.8. The quantitative estimate of drug-likeness (QED) is 0.821. The summed E-state index contributed by atoms with van der Waals surface area (Å²) < 4.78 is 26.7. The lowest BCUT2D eigenvalue weighted by Crippen LogP contribution is -2.46. The molecule has 0 amide bonds. The van der Waals surface area contributed by atoms with E-state index in [1.165, 1.54) is 6.07 Å². The third-order valence-electron chi connectivity index (χ3n) is 4.23. The maximum Gasteiger partial charge on any atom is 0.182 e. The maximum atomic E-state index is 13.8. The molecule has 5 heteroatoms. The number of aliphatic hydroxyl groups excluding tert-OH is 1. The smallest absolute Gasteiger partial charge is 0.182 e. The van der Waals surface area contributed by atoms with E-state index in [1.807, 2.05) is 4.90 Å². The summed E-state index contributed by atoms with van der Waals surface area (Å²) in [5.74, 6) is -1.89. The second-order valence-corrected chi connectivity index (χ2v) is 5.56. The molecule has 1 aromatic rings. The zero-order valence-electron chi connectivity index (χ0n) is 12.2. The van der Waals surface area contributed by atoms with E-state index in [4.69, 9.17) is 0 Å². The van der Waals surface area contributed by atoms with Crippen molar-refractivity contribution in [2.24, 2.45) is 0 Å². The number of carbonyl (C=O) groups excluding carboxylic acids is 1. The first-order valence-electron chi connectivity index (χ1n) is 7.40. The molecule has 2 rings (SSSR count). The molecule has 1 atom stereocenters. The second kappa shape index (κ2) is 7.09. The van der Waals surface area contributed by atoms with E-state index >= 15 is 0 Å². The molecule has 0 saturated heterocycles. The number of carbonyl (C=O) groups is 1. The van der Waals surface area contributed by atoms with Gasteiger partial charge in [0.2, 0.25) is 0 Å². The summed E-state index contributed by atoms with van der Waals surface area (Å²) in [5, 5.41) is 9.21. The van der Waals surface area contributed by atoms with E-state index in [-0.39, 0.29) is 24.0 Å². The Kier molecular flexibility index (Phi) is 5.42. The Hall–Kier alpha value is -1.33. The summed E-state index contributed by atoms with van der Waals surface area (Å²) in [6.45, 7) is 2.07. The molecule has 116 valence electrons. The largest absolute Gasteiger partial charge is 0.395 e. The number of halogens is 2. The zero-order chi connectivity index (χ0) is 15.4. The normalized spacial score (nSPS) is 17.4. The van der Waals surface area contributed by atoms with Crippen molar-refractivity contribution in [1.29, 1.82) is 0 Å². The Morgan fingerprint density at radius 1 is 1.38 bits per heavy atom. The van der Waals surface area contributed by atoms with Crippen LogP contribution in [-0.4, -0.2) is 41.0 Å². The molecule has 0 aromatic heterocycles. The van der Waals surface area contributed by atoms with Crippen LogP contribution in [0.15, 0.2) is 18.2 Å². The molecule has 1 unspecified atom stereocenters. The van der Waals surface area contributed by atoms with Crippen molar-refractivity contribution in [3.8, 4) is 0 Å². The van der Waals surface area contributed by atoms with Crippen molar-refractivity contribution in [3.05, 3.63) is 35.4 Å². The Morgan fingerprint density at radius 2 is 2.05 bits per heavy atom. The molecule has 1 aromatic carbocycles. The molecule has 1 aliphatic rings. The first-order chi connectivity index (χ1) is 10.0. The molecule has 1 saturated carbocycles. The molecule has 0 aliphatic heterocycles. The van der Waals surface area contributed by atoms with Crippen LogP contribution in [-0.2, 0) is 0 Å². The highest BCUT2D eigenvalue weighted by molar-refractivity contribution is 6.00. The van der Waals surface area contributed by atoms with Gasteiger partial charge in [-0.15, -0.1) is 0 Å². The fourth-order valence-electron chi connectivity index (χ4n) is 3.11. The lowest BCUT2D eigenvalue weighted by atomic mass is 10.0. The van der Waals surface area contributed by atoms with Gasteiger partial charge in [-0.05, 0) is 31.9 Å². The van der Waals surface area contributed by atoms with E-state index in [9.17, 15) is 18.7 Å². The number of aliphatic hydroxyl groups is 1. The van der Waals surface area contributed by atoms with Gasteiger partial charge in [0.15, 0.2) is 5.78 Å². The van der Waals surface area contributed by atoms with Gasteiger partial charge in [-0.25, -0.2) is 8.78 Å². The van der Waals surface area contributed by atoms with Crippen molar-refractivity contribution in [2.75, 3.05) is 13.2 Å². The molecule has 1 N–H and O–H groups in total. The van der Waals surface area contributed by atoms with Crippen LogP contribution in [0.25, 0.3) is 0 Å². The molecule has 3 nitrogen and oxygen atoms in total. The van der Waals surface area contributed by atoms with Crippen LogP contribution in [0.3, 0.4) is 0 Å². The van der Waals surface area contributed by atoms with Crippen molar-refractivity contribution >= 4 is 5.78 Å². The van der Waals surface area contributed by atoms with Crippen LogP contribution in [0.5, 0.6) is 0 Å². The predicted molar refractivity (Wildman–Crippen MR) is 76.2 cm³/mol. The third-order valence-corrected chi connectivity index (χ3v) is 4.23. The Balaban J connectivity index is 2.18. The predicted octanol–water partition coefficient (Wildman–Crippen LogP) is 2.77. The lowest BCUT2D eigenvalue weighted by Gasteiger charge is -2.33. The molecular weight excluding hydrogens is 276 g/mol. The summed E-state index contributed by atoms with van der Waals surface area (Å²) in [7, 11) is 0. The minimum Gasteiger partial charge on any atom is -0.395 e. The molecule has 21 heavy (non-hydrogen) atoms. The number of nitrogens with zero attached hydrogens (tertiary/aromatic N) is 1. The van der Waals surface area contributed by atoms with Crippen LogP contribution in [0.2, 0.25) is 0 Å². The van der Waals surface area contributed by atoms with Crippen LogP contribution < -0.4 is 0 Å². The monoisotopic (exact) mass is 297 g/mol. The highest BCUT2D eigenvalue weighted by Crippen LogP contribution is 2.26. The van der Waals surface area contributed by atoms with Gasteiger partial charge in [0.05, 0.1) is 18.2 Å². The number of hydrogen-bond donors (Lipinski definition) is 1. The summed E-state index contributed by atoms with van der Waals surface area (Å²) in [6, 6.07) is 2.73. The topological polar surface area (TPSA) is 40.5 Å². The molecule has 1 aliphatic carbocycles. The highest BCUT2D eigenvalue weighted by Gasteiger charge is 2.31.